The molecule has 1 aromatic rings. The zero-order valence-corrected chi connectivity index (χ0v) is 11.1. The van der Waals surface area contributed by atoms with E-state index < -0.39 is 0 Å². The number of hydrogen-bond donors (Lipinski definition) is 2. The lowest BCUT2D eigenvalue weighted by molar-refractivity contribution is 0.120. The van der Waals surface area contributed by atoms with Crippen molar-refractivity contribution in [3.05, 3.63) is 28.2 Å². The van der Waals surface area contributed by atoms with Crippen LogP contribution in [0, 0.1) is 0 Å². The molecule has 0 bridgehead atoms. The third kappa shape index (κ3) is 5.33. The normalized spacial score (nSPS) is 10.6. The molecule has 1 heterocycles. The summed E-state index contributed by atoms with van der Waals surface area (Å²) < 4.78 is 10.7. The van der Waals surface area contributed by atoms with Crippen LogP contribution < -0.4 is 15.5 Å². The average molecular weight is 254 g/mol. The van der Waals surface area contributed by atoms with Gasteiger partial charge in [-0.2, -0.15) is 0 Å². The topological polar surface area (TPSA) is 63.4 Å². The van der Waals surface area contributed by atoms with Gasteiger partial charge < -0.3 is 19.8 Å². The largest absolute Gasteiger partial charge is 0.488 e. The summed E-state index contributed by atoms with van der Waals surface area (Å²) in [5.41, 5.74) is 0.660. The Bertz CT molecular complexity index is 390. The SMILES string of the molecule is CCCOc1c[nH]c(COCCNCC)cc1=O. The maximum Gasteiger partial charge on any atom is 0.223 e. The zero-order valence-electron chi connectivity index (χ0n) is 11.1. The number of rotatable bonds is 9. The summed E-state index contributed by atoms with van der Waals surface area (Å²) in [5, 5.41) is 3.16. The molecule has 1 aromatic heterocycles. The highest BCUT2D eigenvalue weighted by Crippen LogP contribution is 2.03. The molecular weight excluding hydrogens is 232 g/mol. The van der Waals surface area contributed by atoms with Crippen molar-refractivity contribution in [2.45, 2.75) is 26.9 Å². The van der Waals surface area contributed by atoms with Crippen molar-refractivity contribution in [2.75, 3.05) is 26.3 Å². The first-order valence-electron chi connectivity index (χ1n) is 6.40. The molecule has 0 unspecified atom stereocenters. The Morgan fingerprint density at radius 2 is 2.17 bits per heavy atom. The first kappa shape index (κ1) is 14.7. The standard InChI is InChI=1S/C13H22N2O3/c1-3-6-18-13-9-15-11(8-12(13)16)10-17-7-5-14-4-2/h8-9,14H,3-7,10H2,1-2H3,(H,15,16). The van der Waals surface area contributed by atoms with Crippen LogP contribution in [0.5, 0.6) is 5.75 Å². The van der Waals surface area contributed by atoms with Gasteiger partial charge in [0.25, 0.3) is 0 Å². The fraction of sp³-hybridized carbons (Fsp3) is 0.615. The molecule has 2 N–H and O–H groups in total. The highest BCUT2D eigenvalue weighted by Gasteiger charge is 2.02. The molecule has 0 aromatic carbocycles. The highest BCUT2D eigenvalue weighted by atomic mass is 16.5. The molecule has 0 saturated carbocycles. The number of H-pyrrole nitrogens is 1. The van der Waals surface area contributed by atoms with Crippen molar-refractivity contribution >= 4 is 0 Å². The fourth-order valence-electron chi connectivity index (χ4n) is 1.41. The number of aromatic amines is 1. The second-order valence-corrected chi connectivity index (χ2v) is 3.94. The van der Waals surface area contributed by atoms with Crippen LogP contribution in [-0.2, 0) is 11.3 Å². The van der Waals surface area contributed by atoms with Gasteiger partial charge in [0.05, 0.1) is 19.8 Å². The lowest BCUT2D eigenvalue weighted by atomic mass is 10.3. The minimum absolute atomic E-state index is 0.104. The summed E-state index contributed by atoms with van der Waals surface area (Å²) in [6.07, 6.45) is 2.48. The van der Waals surface area contributed by atoms with E-state index in [1.54, 1.807) is 6.20 Å². The van der Waals surface area contributed by atoms with Crippen LogP contribution in [0.4, 0.5) is 0 Å². The predicted molar refractivity (Wildman–Crippen MR) is 71.0 cm³/mol. The number of likely N-dealkylation sites (N-methyl/N-ethyl adjacent to an activating group) is 1. The maximum atomic E-state index is 11.7. The molecule has 5 heteroatoms. The highest BCUT2D eigenvalue weighted by molar-refractivity contribution is 5.19. The van der Waals surface area contributed by atoms with Gasteiger partial charge in [-0.05, 0) is 13.0 Å². The summed E-state index contributed by atoms with van der Waals surface area (Å²) in [6.45, 7) is 7.40. The molecule has 0 atom stereocenters. The lowest BCUT2D eigenvalue weighted by Crippen LogP contribution is -2.19. The Balaban J connectivity index is 2.39. The second-order valence-electron chi connectivity index (χ2n) is 3.94. The Hall–Kier alpha value is -1.33. The smallest absolute Gasteiger partial charge is 0.223 e. The van der Waals surface area contributed by atoms with Crippen molar-refractivity contribution in [1.82, 2.24) is 10.3 Å². The molecule has 0 fully saturated rings. The molecule has 0 spiro atoms. The molecule has 0 aliphatic rings. The number of nitrogens with one attached hydrogen (secondary N) is 2. The van der Waals surface area contributed by atoms with E-state index in [0.29, 0.717) is 25.6 Å². The molecule has 102 valence electrons. The maximum absolute atomic E-state index is 11.7. The van der Waals surface area contributed by atoms with Gasteiger partial charge in [-0.1, -0.05) is 13.8 Å². The van der Waals surface area contributed by atoms with Crippen molar-refractivity contribution in [3.8, 4) is 5.75 Å². The Morgan fingerprint density at radius 1 is 1.33 bits per heavy atom. The number of hydrogen-bond acceptors (Lipinski definition) is 4. The first-order chi connectivity index (χ1) is 8.77. The van der Waals surface area contributed by atoms with Crippen LogP contribution in [0.25, 0.3) is 0 Å². The molecule has 5 nitrogen and oxygen atoms in total. The summed E-state index contributed by atoms with van der Waals surface area (Å²) >= 11 is 0. The van der Waals surface area contributed by atoms with Crippen LogP contribution in [0.1, 0.15) is 26.0 Å². The van der Waals surface area contributed by atoms with Gasteiger partial charge in [0, 0.05) is 24.5 Å². The minimum Gasteiger partial charge on any atom is -0.488 e. The van der Waals surface area contributed by atoms with Gasteiger partial charge in [0.1, 0.15) is 0 Å². The first-order valence-corrected chi connectivity index (χ1v) is 6.40. The average Bonchev–Trinajstić information content (AvgIpc) is 2.37. The van der Waals surface area contributed by atoms with E-state index in [9.17, 15) is 4.79 Å². The quantitative estimate of drug-likeness (QED) is 0.652. The molecule has 0 aliphatic heterocycles. The van der Waals surface area contributed by atoms with Crippen LogP contribution in [-0.4, -0.2) is 31.3 Å². The Labute approximate surface area is 108 Å². The third-order valence-corrected chi connectivity index (χ3v) is 2.33. The van der Waals surface area contributed by atoms with Crippen molar-refractivity contribution in [3.63, 3.8) is 0 Å². The van der Waals surface area contributed by atoms with Crippen molar-refractivity contribution in [1.29, 1.82) is 0 Å². The monoisotopic (exact) mass is 254 g/mol. The van der Waals surface area contributed by atoms with Crippen molar-refractivity contribution in [2.24, 2.45) is 0 Å². The minimum atomic E-state index is -0.104. The molecule has 18 heavy (non-hydrogen) atoms. The molecule has 0 amide bonds. The second kappa shape index (κ2) is 8.72. The van der Waals surface area contributed by atoms with E-state index in [4.69, 9.17) is 9.47 Å². The Morgan fingerprint density at radius 3 is 2.83 bits per heavy atom. The van der Waals surface area contributed by atoms with E-state index in [2.05, 4.69) is 10.3 Å². The van der Waals surface area contributed by atoms with E-state index in [0.717, 1.165) is 25.2 Å². The van der Waals surface area contributed by atoms with Gasteiger partial charge in [-0.25, -0.2) is 0 Å². The van der Waals surface area contributed by atoms with E-state index in [1.165, 1.54) is 6.07 Å². The van der Waals surface area contributed by atoms with Crippen LogP contribution in [0.2, 0.25) is 0 Å². The summed E-state index contributed by atoms with van der Waals surface area (Å²) in [7, 11) is 0. The summed E-state index contributed by atoms with van der Waals surface area (Å²) in [5.74, 6) is 0.369. The van der Waals surface area contributed by atoms with Crippen LogP contribution >= 0.6 is 0 Å². The number of pyridine rings is 1. The van der Waals surface area contributed by atoms with Crippen LogP contribution in [0.3, 0.4) is 0 Å². The molecule has 1 rings (SSSR count). The van der Waals surface area contributed by atoms with Gasteiger partial charge in [-0.15, -0.1) is 0 Å². The Kier molecular flexibility index (Phi) is 7.13. The van der Waals surface area contributed by atoms with E-state index >= 15 is 0 Å². The zero-order chi connectivity index (χ0) is 13.2. The summed E-state index contributed by atoms with van der Waals surface area (Å²) in [4.78, 5) is 14.7. The number of ether oxygens (including phenoxy) is 2. The van der Waals surface area contributed by atoms with Crippen LogP contribution in [0.15, 0.2) is 17.1 Å². The van der Waals surface area contributed by atoms with E-state index in [-0.39, 0.29) is 5.43 Å². The molecule has 0 saturated heterocycles. The fourth-order valence-corrected chi connectivity index (χ4v) is 1.41. The molecular formula is C13H22N2O3. The molecule has 0 aliphatic carbocycles. The van der Waals surface area contributed by atoms with Crippen molar-refractivity contribution < 1.29 is 9.47 Å². The predicted octanol–water partition coefficient (Wildman–Crippen LogP) is 1.29. The third-order valence-electron chi connectivity index (χ3n) is 2.33. The summed E-state index contributed by atoms with van der Waals surface area (Å²) in [6, 6.07) is 1.53. The van der Waals surface area contributed by atoms with Gasteiger partial charge in [0.2, 0.25) is 5.43 Å². The lowest BCUT2D eigenvalue weighted by Gasteiger charge is -2.07. The molecule has 0 radical (unpaired) electrons. The van der Waals surface area contributed by atoms with E-state index in [1.807, 2.05) is 13.8 Å². The van der Waals surface area contributed by atoms with Gasteiger partial charge >= 0.3 is 0 Å². The van der Waals surface area contributed by atoms with Gasteiger partial charge in [-0.3, -0.25) is 4.79 Å². The number of aromatic nitrogens is 1. The van der Waals surface area contributed by atoms with Gasteiger partial charge in [0.15, 0.2) is 5.75 Å².